The molecule has 1 aromatic heterocycles. The molecule has 0 aromatic carbocycles. The fraction of sp³-hybridized carbons (Fsp3) is 0.400. The first-order chi connectivity index (χ1) is 7.23. The third-order valence-electron chi connectivity index (χ3n) is 3.29. The fourth-order valence-corrected chi connectivity index (χ4v) is 2.27. The molecule has 1 fully saturated rings. The lowest BCUT2D eigenvalue weighted by molar-refractivity contribution is 0.100. The Morgan fingerprint density at radius 1 is 1.60 bits per heavy atom. The summed E-state index contributed by atoms with van der Waals surface area (Å²) in [5, 5.41) is 7.29. The predicted octanol–water partition coefficient (Wildman–Crippen LogP) is 0.800. The van der Waals surface area contributed by atoms with Gasteiger partial charge in [-0.05, 0) is 25.3 Å². The SMILES string of the molecule is NC(=O)c1cnn2c1NC=CC21CCC1. The van der Waals surface area contributed by atoms with Gasteiger partial charge >= 0.3 is 0 Å². The van der Waals surface area contributed by atoms with Crippen molar-refractivity contribution in [3.05, 3.63) is 24.0 Å². The van der Waals surface area contributed by atoms with Crippen molar-refractivity contribution in [2.45, 2.75) is 24.8 Å². The molecule has 15 heavy (non-hydrogen) atoms. The van der Waals surface area contributed by atoms with E-state index in [0.717, 1.165) is 18.7 Å². The molecule has 1 aliphatic heterocycles. The van der Waals surface area contributed by atoms with Crippen LogP contribution in [0.1, 0.15) is 29.6 Å². The van der Waals surface area contributed by atoms with Crippen LogP contribution in [0.2, 0.25) is 0 Å². The summed E-state index contributed by atoms with van der Waals surface area (Å²) in [4.78, 5) is 11.2. The third-order valence-corrected chi connectivity index (χ3v) is 3.29. The van der Waals surface area contributed by atoms with Gasteiger partial charge in [-0.1, -0.05) is 0 Å². The minimum Gasteiger partial charge on any atom is -0.365 e. The summed E-state index contributed by atoms with van der Waals surface area (Å²) < 4.78 is 1.89. The highest BCUT2D eigenvalue weighted by atomic mass is 16.1. The molecule has 0 bridgehead atoms. The Kier molecular flexibility index (Phi) is 1.49. The van der Waals surface area contributed by atoms with Gasteiger partial charge in [0.05, 0.1) is 11.7 Å². The van der Waals surface area contributed by atoms with Gasteiger partial charge in [0.15, 0.2) is 0 Å². The van der Waals surface area contributed by atoms with Crippen molar-refractivity contribution >= 4 is 11.7 Å². The molecule has 5 nitrogen and oxygen atoms in total. The lowest BCUT2D eigenvalue weighted by Crippen LogP contribution is -2.42. The molecule has 2 aliphatic rings. The zero-order valence-corrected chi connectivity index (χ0v) is 8.23. The van der Waals surface area contributed by atoms with Crippen molar-refractivity contribution in [2.75, 3.05) is 5.32 Å². The van der Waals surface area contributed by atoms with E-state index in [0.29, 0.717) is 5.56 Å². The zero-order valence-electron chi connectivity index (χ0n) is 8.23. The third kappa shape index (κ3) is 0.973. The summed E-state index contributed by atoms with van der Waals surface area (Å²) in [6.45, 7) is 0. The molecule has 1 spiro atoms. The first-order valence-electron chi connectivity index (χ1n) is 5.05. The predicted molar refractivity (Wildman–Crippen MR) is 55.3 cm³/mol. The average molecular weight is 204 g/mol. The van der Waals surface area contributed by atoms with Crippen molar-refractivity contribution in [3.8, 4) is 0 Å². The first-order valence-corrected chi connectivity index (χ1v) is 5.05. The van der Waals surface area contributed by atoms with E-state index in [1.807, 2.05) is 10.9 Å². The van der Waals surface area contributed by atoms with E-state index >= 15 is 0 Å². The minimum absolute atomic E-state index is 0.00567. The van der Waals surface area contributed by atoms with E-state index in [4.69, 9.17) is 5.73 Å². The first kappa shape index (κ1) is 8.52. The molecule has 1 amide bonds. The van der Waals surface area contributed by atoms with E-state index in [2.05, 4.69) is 16.5 Å². The number of rotatable bonds is 1. The van der Waals surface area contributed by atoms with Crippen molar-refractivity contribution in [2.24, 2.45) is 5.73 Å². The lowest BCUT2D eigenvalue weighted by Gasteiger charge is -2.42. The molecule has 5 heteroatoms. The number of nitrogens with one attached hydrogen (secondary N) is 1. The number of amides is 1. The van der Waals surface area contributed by atoms with Crippen molar-refractivity contribution < 1.29 is 4.79 Å². The second-order valence-corrected chi connectivity index (χ2v) is 4.12. The molecular formula is C10H12N4O. The van der Waals surface area contributed by atoms with Crippen LogP contribution in [-0.4, -0.2) is 15.7 Å². The minimum atomic E-state index is -0.437. The lowest BCUT2D eigenvalue weighted by atomic mass is 9.76. The van der Waals surface area contributed by atoms with Crippen LogP contribution in [-0.2, 0) is 5.54 Å². The van der Waals surface area contributed by atoms with E-state index in [1.54, 1.807) is 0 Å². The fourth-order valence-electron chi connectivity index (χ4n) is 2.27. The summed E-state index contributed by atoms with van der Waals surface area (Å²) in [6.07, 6.45) is 8.90. The highest BCUT2D eigenvalue weighted by molar-refractivity contribution is 5.97. The number of primary amides is 1. The van der Waals surface area contributed by atoms with Crippen LogP contribution in [0.3, 0.4) is 0 Å². The van der Waals surface area contributed by atoms with Crippen molar-refractivity contribution in [1.29, 1.82) is 0 Å². The number of allylic oxidation sites excluding steroid dienone is 1. The van der Waals surface area contributed by atoms with Crippen LogP contribution in [0.15, 0.2) is 18.5 Å². The van der Waals surface area contributed by atoms with Gasteiger partial charge in [0.25, 0.3) is 5.91 Å². The number of hydrogen-bond donors (Lipinski definition) is 2. The normalized spacial score (nSPS) is 20.5. The Hall–Kier alpha value is -1.78. The Morgan fingerprint density at radius 2 is 2.40 bits per heavy atom. The number of nitrogens with zero attached hydrogens (tertiary/aromatic N) is 2. The molecule has 3 rings (SSSR count). The van der Waals surface area contributed by atoms with Crippen LogP contribution in [0.25, 0.3) is 0 Å². The summed E-state index contributed by atoms with van der Waals surface area (Å²) in [7, 11) is 0. The molecule has 2 heterocycles. The Labute approximate surface area is 86.9 Å². The maximum absolute atomic E-state index is 11.2. The Bertz CT molecular complexity index is 456. The van der Waals surface area contributed by atoms with Crippen LogP contribution in [0, 0.1) is 0 Å². The molecule has 1 aliphatic carbocycles. The smallest absolute Gasteiger partial charge is 0.254 e. The number of carbonyl (C=O) groups is 1. The number of aromatic nitrogens is 2. The number of anilines is 1. The molecule has 0 radical (unpaired) electrons. The molecular weight excluding hydrogens is 192 g/mol. The van der Waals surface area contributed by atoms with Crippen molar-refractivity contribution in [1.82, 2.24) is 9.78 Å². The summed E-state index contributed by atoms with van der Waals surface area (Å²) >= 11 is 0. The summed E-state index contributed by atoms with van der Waals surface area (Å²) in [5.74, 6) is 0.290. The number of nitrogens with two attached hydrogens (primary N) is 1. The topological polar surface area (TPSA) is 72.9 Å². The molecule has 78 valence electrons. The van der Waals surface area contributed by atoms with Crippen molar-refractivity contribution in [3.63, 3.8) is 0 Å². The van der Waals surface area contributed by atoms with Gasteiger partial charge in [-0.25, -0.2) is 4.68 Å². The molecule has 0 atom stereocenters. The average Bonchev–Trinajstić information content (AvgIpc) is 2.58. The maximum atomic E-state index is 11.2. The van der Waals surface area contributed by atoms with Gasteiger partial charge in [0, 0.05) is 6.20 Å². The Morgan fingerprint density at radius 3 is 3.00 bits per heavy atom. The van der Waals surface area contributed by atoms with E-state index < -0.39 is 5.91 Å². The van der Waals surface area contributed by atoms with Gasteiger partial charge in [-0.2, -0.15) is 5.10 Å². The highest BCUT2D eigenvalue weighted by Gasteiger charge is 2.41. The Balaban J connectivity index is 2.13. The summed E-state index contributed by atoms with van der Waals surface area (Å²) in [5.41, 5.74) is 5.73. The number of hydrogen-bond acceptors (Lipinski definition) is 3. The van der Waals surface area contributed by atoms with Gasteiger partial charge in [0.2, 0.25) is 0 Å². The van der Waals surface area contributed by atoms with E-state index in [1.165, 1.54) is 12.6 Å². The van der Waals surface area contributed by atoms with Gasteiger partial charge in [-0.3, -0.25) is 4.79 Å². The van der Waals surface area contributed by atoms with Crippen LogP contribution in [0.4, 0.5) is 5.82 Å². The quantitative estimate of drug-likeness (QED) is 0.710. The molecule has 0 unspecified atom stereocenters. The molecule has 3 N–H and O–H groups in total. The zero-order chi connectivity index (χ0) is 10.5. The van der Waals surface area contributed by atoms with Gasteiger partial charge in [-0.15, -0.1) is 0 Å². The van der Waals surface area contributed by atoms with Gasteiger partial charge < -0.3 is 11.1 Å². The summed E-state index contributed by atoms with van der Waals surface area (Å²) in [6, 6.07) is 0. The number of fused-ring (bicyclic) bond motifs is 2. The van der Waals surface area contributed by atoms with Crippen LogP contribution < -0.4 is 11.1 Å². The van der Waals surface area contributed by atoms with Gasteiger partial charge in [0.1, 0.15) is 11.4 Å². The largest absolute Gasteiger partial charge is 0.365 e. The second-order valence-electron chi connectivity index (χ2n) is 4.12. The number of carbonyl (C=O) groups excluding carboxylic acids is 1. The standard InChI is InChI=1S/C10H12N4O/c11-8(15)7-6-13-14-9(7)12-5-4-10(14)2-1-3-10/h4-6,12H,1-3H2,(H2,11,15). The second kappa shape index (κ2) is 2.62. The molecule has 1 saturated carbocycles. The highest BCUT2D eigenvalue weighted by Crippen LogP contribution is 2.44. The van der Waals surface area contributed by atoms with E-state index in [9.17, 15) is 4.79 Å². The van der Waals surface area contributed by atoms with Crippen LogP contribution in [0.5, 0.6) is 0 Å². The monoisotopic (exact) mass is 204 g/mol. The van der Waals surface area contributed by atoms with Crippen LogP contribution >= 0.6 is 0 Å². The molecule has 0 saturated heterocycles. The molecule has 1 aromatic rings. The maximum Gasteiger partial charge on any atom is 0.254 e. The van der Waals surface area contributed by atoms with E-state index in [-0.39, 0.29) is 5.54 Å².